The fourth-order valence-electron chi connectivity index (χ4n) is 2.86. The zero-order valence-electron chi connectivity index (χ0n) is 16.9. The van der Waals surface area contributed by atoms with Crippen LogP contribution in [0.4, 0.5) is 0 Å². The predicted octanol–water partition coefficient (Wildman–Crippen LogP) is 3.72. The lowest BCUT2D eigenvalue weighted by Gasteiger charge is -2.25. The summed E-state index contributed by atoms with van der Waals surface area (Å²) in [5.41, 5.74) is -0.312. The van der Waals surface area contributed by atoms with Gasteiger partial charge < -0.3 is 20.1 Å². The first-order valence-corrected chi connectivity index (χ1v) is 9.87. The number of carboxylic acids is 1. The zero-order chi connectivity index (χ0) is 20.3. The number of aliphatic hydroxyl groups is 2. The van der Waals surface area contributed by atoms with Gasteiger partial charge >= 0.3 is 5.97 Å². The fraction of sp³-hybridized carbons (Fsp3) is 0.682. The Balaban J connectivity index is 2.38. The van der Waals surface area contributed by atoms with Crippen LogP contribution < -0.4 is 0 Å². The van der Waals surface area contributed by atoms with Crippen LogP contribution in [-0.2, 0) is 9.53 Å². The quantitative estimate of drug-likeness (QED) is 0.335. The minimum Gasteiger partial charge on any atom is -0.481 e. The van der Waals surface area contributed by atoms with Crippen molar-refractivity contribution >= 4 is 5.97 Å². The number of carboxylic acid groups (broad SMARTS) is 1. The van der Waals surface area contributed by atoms with Crippen molar-refractivity contribution in [1.82, 2.24) is 0 Å². The largest absolute Gasteiger partial charge is 0.481 e. The molecule has 27 heavy (non-hydrogen) atoms. The van der Waals surface area contributed by atoms with E-state index in [1.165, 1.54) is 0 Å². The van der Waals surface area contributed by atoms with Crippen LogP contribution in [0.25, 0.3) is 0 Å². The average molecular weight is 381 g/mol. The molecule has 0 aliphatic heterocycles. The molecule has 0 bridgehead atoms. The van der Waals surface area contributed by atoms with E-state index in [-0.39, 0.29) is 24.5 Å². The van der Waals surface area contributed by atoms with Gasteiger partial charge in [-0.25, -0.2) is 0 Å². The van der Waals surface area contributed by atoms with Crippen molar-refractivity contribution in [3.05, 3.63) is 36.5 Å². The number of allylic oxidation sites excluding steroid dienone is 5. The summed E-state index contributed by atoms with van der Waals surface area (Å²) in [6, 6.07) is 0. The van der Waals surface area contributed by atoms with E-state index in [1.54, 1.807) is 6.08 Å². The number of aliphatic hydroxyl groups excluding tert-OH is 2. The van der Waals surface area contributed by atoms with Gasteiger partial charge in [-0.3, -0.25) is 4.79 Å². The van der Waals surface area contributed by atoms with Gasteiger partial charge in [-0.05, 0) is 44.4 Å². The Kier molecular flexibility index (Phi) is 10.6. The third-order valence-electron chi connectivity index (χ3n) is 4.88. The molecule has 0 fully saturated rings. The van der Waals surface area contributed by atoms with E-state index in [0.29, 0.717) is 24.9 Å². The standard InChI is InChI=1S/C22H36O5/c1-17(27-16-22(2,3)15-23)20(24)14-13-19-11-8-10-18(19)9-6-4-5-7-12-21(25)26/h4,6,8,11,13-14,17-20,23-24H,5,7,9-10,12,15-16H2,1-3H3,(H,25,26)/t17?,18-,19+,20?/m0/s1. The first-order valence-electron chi connectivity index (χ1n) is 9.87. The van der Waals surface area contributed by atoms with E-state index >= 15 is 0 Å². The number of aliphatic carboxylic acids is 1. The Morgan fingerprint density at radius 3 is 2.78 bits per heavy atom. The fourth-order valence-corrected chi connectivity index (χ4v) is 2.86. The number of ether oxygens (including phenoxy) is 1. The van der Waals surface area contributed by atoms with E-state index in [9.17, 15) is 15.0 Å². The highest BCUT2D eigenvalue weighted by Gasteiger charge is 2.22. The van der Waals surface area contributed by atoms with E-state index in [0.717, 1.165) is 19.3 Å². The molecule has 0 aromatic rings. The molecule has 0 aromatic carbocycles. The number of unbranched alkanes of at least 4 members (excludes halogenated alkanes) is 1. The average Bonchev–Trinajstić information content (AvgIpc) is 3.07. The van der Waals surface area contributed by atoms with Crippen LogP contribution in [0.3, 0.4) is 0 Å². The Morgan fingerprint density at radius 1 is 1.37 bits per heavy atom. The Labute approximate surface area is 163 Å². The molecule has 4 atom stereocenters. The molecular weight excluding hydrogens is 344 g/mol. The summed E-state index contributed by atoms with van der Waals surface area (Å²) >= 11 is 0. The topological polar surface area (TPSA) is 87.0 Å². The smallest absolute Gasteiger partial charge is 0.303 e. The normalized spacial score (nSPS) is 22.7. The van der Waals surface area contributed by atoms with Gasteiger partial charge in [-0.2, -0.15) is 0 Å². The maximum Gasteiger partial charge on any atom is 0.303 e. The van der Waals surface area contributed by atoms with Gasteiger partial charge in [0.2, 0.25) is 0 Å². The molecule has 0 spiro atoms. The SMILES string of the molecule is CC(OCC(C)(C)CO)C(O)C=C[C@H]1C=CC[C@@H]1CC=CCCCC(=O)O. The molecule has 0 radical (unpaired) electrons. The molecule has 2 unspecified atom stereocenters. The Morgan fingerprint density at radius 2 is 2.11 bits per heavy atom. The van der Waals surface area contributed by atoms with E-state index in [1.807, 2.05) is 26.8 Å². The highest BCUT2D eigenvalue weighted by atomic mass is 16.5. The Bertz CT molecular complexity index is 521. The van der Waals surface area contributed by atoms with Crippen LogP contribution in [-0.4, -0.2) is 46.7 Å². The molecule has 1 aliphatic rings. The molecule has 5 heteroatoms. The molecule has 0 heterocycles. The van der Waals surface area contributed by atoms with Gasteiger partial charge in [0.1, 0.15) is 0 Å². The zero-order valence-corrected chi connectivity index (χ0v) is 16.9. The summed E-state index contributed by atoms with van der Waals surface area (Å²) in [5.74, 6) is 0.0309. The minimum absolute atomic E-state index is 0.0457. The van der Waals surface area contributed by atoms with Crippen LogP contribution in [0, 0.1) is 17.3 Å². The molecule has 154 valence electrons. The molecule has 3 N–H and O–H groups in total. The lowest BCUT2D eigenvalue weighted by atomic mass is 9.91. The van der Waals surface area contributed by atoms with Gasteiger partial charge in [0.15, 0.2) is 0 Å². The first-order chi connectivity index (χ1) is 12.7. The summed E-state index contributed by atoms with van der Waals surface area (Å²) in [7, 11) is 0. The maximum absolute atomic E-state index is 10.5. The van der Waals surface area contributed by atoms with Crippen molar-refractivity contribution in [1.29, 1.82) is 0 Å². The lowest BCUT2D eigenvalue weighted by Crippen LogP contribution is -2.31. The lowest BCUT2D eigenvalue weighted by molar-refractivity contribution is -0.137. The molecule has 1 rings (SSSR count). The van der Waals surface area contributed by atoms with Crippen molar-refractivity contribution in [3.63, 3.8) is 0 Å². The van der Waals surface area contributed by atoms with Crippen molar-refractivity contribution in [3.8, 4) is 0 Å². The van der Waals surface area contributed by atoms with Crippen LogP contribution in [0.5, 0.6) is 0 Å². The highest BCUT2D eigenvalue weighted by molar-refractivity contribution is 5.66. The minimum atomic E-state index is -0.745. The second kappa shape index (κ2) is 12.1. The monoisotopic (exact) mass is 380 g/mol. The second-order valence-electron chi connectivity index (χ2n) is 8.21. The third kappa shape index (κ3) is 9.89. The third-order valence-corrected chi connectivity index (χ3v) is 4.88. The molecule has 0 saturated heterocycles. The number of carbonyl (C=O) groups is 1. The van der Waals surface area contributed by atoms with E-state index in [2.05, 4.69) is 24.3 Å². The summed E-state index contributed by atoms with van der Waals surface area (Å²) in [6.45, 7) is 6.12. The van der Waals surface area contributed by atoms with Crippen LogP contribution in [0.2, 0.25) is 0 Å². The second-order valence-corrected chi connectivity index (χ2v) is 8.21. The van der Waals surface area contributed by atoms with Crippen LogP contribution in [0.1, 0.15) is 52.9 Å². The number of rotatable bonds is 13. The van der Waals surface area contributed by atoms with Crippen LogP contribution >= 0.6 is 0 Å². The van der Waals surface area contributed by atoms with Gasteiger partial charge in [-0.1, -0.05) is 50.3 Å². The summed E-state index contributed by atoms with van der Waals surface area (Å²) in [5, 5.41) is 28.2. The summed E-state index contributed by atoms with van der Waals surface area (Å²) < 4.78 is 5.69. The number of hydrogen-bond donors (Lipinski definition) is 3. The molecule has 0 aromatic heterocycles. The Hall–Kier alpha value is -1.43. The molecule has 0 amide bonds. The first kappa shape index (κ1) is 23.6. The number of hydrogen-bond acceptors (Lipinski definition) is 4. The van der Waals surface area contributed by atoms with Gasteiger partial charge in [0.25, 0.3) is 0 Å². The van der Waals surface area contributed by atoms with Crippen LogP contribution in [0.15, 0.2) is 36.5 Å². The maximum atomic E-state index is 10.5. The van der Waals surface area contributed by atoms with E-state index in [4.69, 9.17) is 9.84 Å². The summed E-state index contributed by atoms with van der Waals surface area (Å²) in [4.78, 5) is 10.5. The highest BCUT2D eigenvalue weighted by Crippen LogP contribution is 2.30. The van der Waals surface area contributed by atoms with Crippen molar-refractivity contribution in [2.24, 2.45) is 17.3 Å². The van der Waals surface area contributed by atoms with Crippen molar-refractivity contribution in [2.75, 3.05) is 13.2 Å². The van der Waals surface area contributed by atoms with Crippen molar-refractivity contribution < 1.29 is 24.9 Å². The molecule has 5 nitrogen and oxygen atoms in total. The van der Waals surface area contributed by atoms with Crippen molar-refractivity contribution in [2.45, 2.75) is 65.1 Å². The predicted molar refractivity (Wildman–Crippen MR) is 107 cm³/mol. The van der Waals surface area contributed by atoms with Gasteiger partial charge in [-0.15, -0.1) is 0 Å². The van der Waals surface area contributed by atoms with E-state index < -0.39 is 12.1 Å². The molecule has 1 aliphatic carbocycles. The van der Waals surface area contributed by atoms with Gasteiger partial charge in [0.05, 0.1) is 25.4 Å². The van der Waals surface area contributed by atoms with Gasteiger partial charge in [0, 0.05) is 11.8 Å². The molecule has 0 saturated carbocycles. The summed E-state index contributed by atoms with van der Waals surface area (Å²) in [6.07, 6.45) is 15.0. The molecular formula is C22H36O5.